The number of rotatable bonds is 7. The lowest BCUT2D eigenvalue weighted by Gasteiger charge is -2.24. The van der Waals surface area contributed by atoms with Gasteiger partial charge in [-0.3, -0.25) is 9.36 Å². The van der Waals surface area contributed by atoms with E-state index in [0.717, 1.165) is 16.7 Å². The van der Waals surface area contributed by atoms with E-state index in [2.05, 4.69) is 0 Å². The Bertz CT molecular complexity index is 1350. The molecule has 1 N–H and O–H groups in total. The minimum absolute atomic E-state index is 0.0262. The molecule has 0 aliphatic carbocycles. The maximum Gasteiger partial charge on any atom is 0.338 e. The molecule has 1 aromatic heterocycles. The summed E-state index contributed by atoms with van der Waals surface area (Å²) in [6.45, 7) is 7.14. The van der Waals surface area contributed by atoms with E-state index in [-0.39, 0.29) is 29.6 Å². The summed E-state index contributed by atoms with van der Waals surface area (Å²) in [5.74, 6) is -0.241. The van der Waals surface area contributed by atoms with Crippen LogP contribution in [-0.2, 0) is 9.53 Å². The number of nitrogens with zero attached hydrogens (tertiary/aromatic N) is 2. The van der Waals surface area contributed by atoms with Gasteiger partial charge in [0.15, 0.2) is 0 Å². The van der Waals surface area contributed by atoms with Crippen LogP contribution in [0.1, 0.15) is 38.1 Å². The van der Waals surface area contributed by atoms with E-state index < -0.39 is 11.4 Å². The molecule has 0 amide bonds. The van der Waals surface area contributed by atoms with Crippen LogP contribution in [0.5, 0.6) is 5.75 Å². The van der Waals surface area contributed by atoms with Gasteiger partial charge in [0.2, 0.25) is 0 Å². The maximum atomic E-state index is 12.6. The smallest absolute Gasteiger partial charge is 0.338 e. The van der Waals surface area contributed by atoms with Crippen molar-refractivity contribution in [3.8, 4) is 22.8 Å². The first-order chi connectivity index (χ1) is 16.2. The molecular weight excluding hydrogens is 428 g/mol. The van der Waals surface area contributed by atoms with Crippen molar-refractivity contribution in [3.05, 3.63) is 78.4 Å². The van der Waals surface area contributed by atoms with Crippen LogP contribution in [0.15, 0.2) is 72.8 Å². The van der Waals surface area contributed by atoms with Crippen LogP contribution in [0.2, 0.25) is 0 Å². The number of aromatic hydroxyl groups is 1. The number of aromatic nitrogens is 2. The lowest BCUT2D eigenvalue weighted by atomic mass is 9.83. The first-order valence-corrected chi connectivity index (χ1v) is 11.3. The van der Waals surface area contributed by atoms with Gasteiger partial charge in [-0.1, -0.05) is 44.2 Å². The van der Waals surface area contributed by atoms with E-state index in [0.29, 0.717) is 11.4 Å². The van der Waals surface area contributed by atoms with Crippen molar-refractivity contribution in [1.29, 1.82) is 0 Å². The number of phenols is 1. The molecule has 0 aliphatic rings. The van der Waals surface area contributed by atoms with Crippen molar-refractivity contribution in [1.82, 2.24) is 9.55 Å². The van der Waals surface area contributed by atoms with Gasteiger partial charge < -0.3 is 9.84 Å². The topological polar surface area (TPSA) is 81.4 Å². The van der Waals surface area contributed by atoms with Crippen LogP contribution in [0.3, 0.4) is 0 Å². The van der Waals surface area contributed by atoms with Crippen LogP contribution in [0.4, 0.5) is 0 Å². The fourth-order valence-corrected chi connectivity index (χ4v) is 4.07. The molecule has 0 atom stereocenters. The molecule has 0 radical (unpaired) electrons. The Morgan fingerprint density at radius 2 is 1.68 bits per heavy atom. The quantitative estimate of drug-likeness (QED) is 0.355. The Labute approximate surface area is 198 Å². The Balaban J connectivity index is 1.66. The molecule has 4 aromatic rings. The molecule has 6 nitrogen and oxygen atoms in total. The molecule has 0 spiro atoms. The number of imidazole rings is 1. The van der Waals surface area contributed by atoms with Crippen molar-refractivity contribution >= 4 is 22.8 Å². The van der Waals surface area contributed by atoms with E-state index in [4.69, 9.17) is 9.72 Å². The van der Waals surface area contributed by atoms with Crippen LogP contribution in [-0.4, -0.2) is 33.0 Å². The number of ether oxygens (including phenoxy) is 1. The van der Waals surface area contributed by atoms with Crippen LogP contribution < -0.4 is 0 Å². The Kier molecular flexibility index (Phi) is 6.24. The van der Waals surface area contributed by atoms with Crippen LogP contribution in [0.25, 0.3) is 28.1 Å². The highest BCUT2D eigenvalue weighted by Crippen LogP contribution is 2.34. The number of fused-ring (bicyclic) bond motifs is 1. The largest absolute Gasteiger partial charge is 0.507 e. The van der Waals surface area contributed by atoms with Gasteiger partial charge in [0.25, 0.3) is 0 Å². The molecular formula is C28H28N2O4. The number of carbonyl (C=O) groups excluding carboxylic acids is 2. The van der Waals surface area contributed by atoms with Gasteiger partial charge in [-0.2, -0.15) is 0 Å². The second kappa shape index (κ2) is 9.14. The average molecular weight is 457 g/mol. The SMILES string of the molecule is CC(C)C(=O)C(C)(C)COC(=O)c1ccc(-c2nc3ccccc3n2-c2ccccc2)c(O)c1. The third kappa shape index (κ3) is 4.44. The normalized spacial score (nSPS) is 11.7. The number of phenolic OH excluding ortho intramolecular Hbond substituents is 1. The summed E-state index contributed by atoms with van der Waals surface area (Å²) < 4.78 is 7.39. The predicted molar refractivity (Wildman–Crippen MR) is 132 cm³/mol. The molecule has 1 heterocycles. The number of ketones is 1. The van der Waals surface area contributed by atoms with E-state index in [9.17, 15) is 14.7 Å². The maximum absolute atomic E-state index is 12.6. The number of hydrogen-bond acceptors (Lipinski definition) is 5. The van der Waals surface area contributed by atoms with Crippen molar-refractivity contribution < 1.29 is 19.4 Å². The highest BCUT2D eigenvalue weighted by molar-refractivity contribution is 5.92. The van der Waals surface area contributed by atoms with Crippen molar-refractivity contribution in [2.75, 3.05) is 6.61 Å². The second-order valence-electron chi connectivity index (χ2n) is 9.31. The Hall–Kier alpha value is -3.93. The molecule has 174 valence electrons. The lowest BCUT2D eigenvalue weighted by Crippen LogP contribution is -2.34. The lowest BCUT2D eigenvalue weighted by molar-refractivity contribution is -0.132. The predicted octanol–water partition coefficient (Wildman–Crippen LogP) is 5.81. The van der Waals surface area contributed by atoms with Gasteiger partial charge in [0, 0.05) is 11.6 Å². The summed E-state index contributed by atoms with van der Waals surface area (Å²) in [4.78, 5) is 29.7. The van der Waals surface area contributed by atoms with Gasteiger partial charge in [-0.05, 0) is 56.3 Å². The highest BCUT2D eigenvalue weighted by Gasteiger charge is 2.31. The van der Waals surface area contributed by atoms with Crippen molar-refractivity contribution in [2.45, 2.75) is 27.7 Å². The zero-order valence-corrected chi connectivity index (χ0v) is 19.8. The number of esters is 1. The van der Waals surface area contributed by atoms with E-state index in [1.807, 2.05) is 73.0 Å². The molecule has 6 heteroatoms. The third-order valence-corrected chi connectivity index (χ3v) is 5.81. The van der Waals surface area contributed by atoms with Gasteiger partial charge in [-0.25, -0.2) is 9.78 Å². The average Bonchev–Trinajstić information content (AvgIpc) is 3.21. The number of Topliss-reactive ketones (excluding diaryl/α,β-unsaturated/α-hetero) is 1. The number of carbonyl (C=O) groups is 2. The minimum atomic E-state index is -0.785. The molecule has 0 aliphatic heterocycles. The molecule has 0 saturated carbocycles. The van der Waals surface area contributed by atoms with Gasteiger partial charge >= 0.3 is 5.97 Å². The standard InChI is InChI=1S/C28H28N2O4/c1-18(2)25(32)28(3,4)17-34-27(33)19-14-15-21(24(31)16-19)26-29-22-12-8-9-13-23(22)30(26)20-10-6-5-7-11-20/h5-16,18,31H,17H2,1-4H3. The van der Waals surface area contributed by atoms with Gasteiger partial charge in [0.05, 0.1) is 27.6 Å². The summed E-state index contributed by atoms with van der Waals surface area (Å²) in [6, 6.07) is 22.2. The third-order valence-electron chi connectivity index (χ3n) is 5.81. The van der Waals surface area contributed by atoms with Crippen LogP contribution in [0, 0.1) is 11.3 Å². The van der Waals surface area contributed by atoms with Crippen molar-refractivity contribution in [3.63, 3.8) is 0 Å². The zero-order chi connectivity index (χ0) is 24.5. The summed E-state index contributed by atoms with van der Waals surface area (Å²) in [5.41, 5.74) is 2.52. The summed E-state index contributed by atoms with van der Waals surface area (Å²) in [5, 5.41) is 10.9. The molecule has 0 unspecified atom stereocenters. The Morgan fingerprint density at radius 1 is 1.00 bits per heavy atom. The molecule has 4 rings (SSSR count). The molecule has 0 saturated heterocycles. The number of hydrogen-bond donors (Lipinski definition) is 1. The fourth-order valence-electron chi connectivity index (χ4n) is 4.07. The fraction of sp³-hybridized carbons (Fsp3) is 0.250. The molecule has 0 bridgehead atoms. The number of benzene rings is 3. The second-order valence-corrected chi connectivity index (χ2v) is 9.31. The van der Waals surface area contributed by atoms with Gasteiger partial charge in [0.1, 0.15) is 24.0 Å². The first-order valence-electron chi connectivity index (χ1n) is 11.3. The monoisotopic (exact) mass is 456 g/mol. The molecule has 3 aromatic carbocycles. The Morgan fingerprint density at radius 3 is 2.35 bits per heavy atom. The van der Waals surface area contributed by atoms with E-state index in [1.54, 1.807) is 26.0 Å². The molecule has 34 heavy (non-hydrogen) atoms. The highest BCUT2D eigenvalue weighted by atomic mass is 16.5. The molecule has 0 fully saturated rings. The summed E-state index contributed by atoms with van der Waals surface area (Å²) in [7, 11) is 0. The summed E-state index contributed by atoms with van der Waals surface area (Å²) >= 11 is 0. The van der Waals surface area contributed by atoms with E-state index >= 15 is 0 Å². The summed E-state index contributed by atoms with van der Waals surface area (Å²) in [6.07, 6.45) is 0. The van der Waals surface area contributed by atoms with Gasteiger partial charge in [-0.15, -0.1) is 0 Å². The first kappa shape index (κ1) is 23.2. The van der Waals surface area contributed by atoms with E-state index in [1.165, 1.54) is 6.07 Å². The zero-order valence-electron chi connectivity index (χ0n) is 19.8. The minimum Gasteiger partial charge on any atom is -0.507 e. The van der Waals surface area contributed by atoms with Crippen LogP contribution >= 0.6 is 0 Å². The number of para-hydroxylation sites is 3. The van der Waals surface area contributed by atoms with Crippen molar-refractivity contribution in [2.24, 2.45) is 11.3 Å².